The van der Waals surface area contributed by atoms with E-state index in [1.165, 1.54) is 0 Å². The fourth-order valence-corrected chi connectivity index (χ4v) is 3.19. The van der Waals surface area contributed by atoms with Crippen LogP contribution in [0.4, 0.5) is 0 Å². The smallest absolute Gasteiger partial charge is 0.329 e. The van der Waals surface area contributed by atoms with E-state index in [0.717, 1.165) is 30.4 Å². The van der Waals surface area contributed by atoms with Crippen LogP contribution < -0.4 is 5.69 Å². The Labute approximate surface area is 136 Å². The first-order chi connectivity index (χ1) is 11.0. The number of carbonyl (C=O) groups is 1. The Hall–Kier alpha value is -2.04. The highest BCUT2D eigenvalue weighted by molar-refractivity contribution is 5.81. The molecule has 5 heteroatoms. The molecule has 1 aromatic carbocycles. The third-order valence-electron chi connectivity index (χ3n) is 4.40. The summed E-state index contributed by atoms with van der Waals surface area (Å²) in [4.78, 5) is 27.4. The molecule has 0 saturated heterocycles. The van der Waals surface area contributed by atoms with E-state index in [9.17, 15) is 9.59 Å². The molecule has 1 fully saturated rings. The average Bonchev–Trinajstić information content (AvgIpc) is 3.32. The van der Waals surface area contributed by atoms with Gasteiger partial charge in [-0.15, -0.1) is 0 Å². The Bertz CT molecular complexity index is 768. The zero-order valence-corrected chi connectivity index (χ0v) is 14.2. The first-order valence-corrected chi connectivity index (χ1v) is 8.50. The van der Waals surface area contributed by atoms with Gasteiger partial charge in [-0.3, -0.25) is 13.9 Å². The van der Waals surface area contributed by atoms with Crippen molar-refractivity contribution in [3.63, 3.8) is 0 Å². The largest absolute Gasteiger partial charge is 0.338 e. The third-order valence-corrected chi connectivity index (χ3v) is 4.40. The Morgan fingerprint density at radius 3 is 2.35 bits per heavy atom. The van der Waals surface area contributed by atoms with Gasteiger partial charge in [0, 0.05) is 19.1 Å². The second-order valence-corrected chi connectivity index (χ2v) is 6.77. The molecule has 1 aromatic heterocycles. The Morgan fingerprint density at radius 1 is 1.22 bits per heavy atom. The van der Waals surface area contributed by atoms with Gasteiger partial charge in [0.15, 0.2) is 0 Å². The lowest BCUT2D eigenvalue weighted by atomic mass is 10.2. The van der Waals surface area contributed by atoms with Crippen molar-refractivity contribution < 1.29 is 4.79 Å². The summed E-state index contributed by atoms with van der Waals surface area (Å²) >= 11 is 0. The number of benzene rings is 1. The molecular weight excluding hydrogens is 290 g/mol. The van der Waals surface area contributed by atoms with Crippen LogP contribution in [0.1, 0.15) is 33.6 Å². The van der Waals surface area contributed by atoms with Gasteiger partial charge in [0.25, 0.3) is 0 Å². The first-order valence-electron chi connectivity index (χ1n) is 8.50. The van der Waals surface area contributed by atoms with Gasteiger partial charge < -0.3 is 4.90 Å². The molecule has 0 radical (unpaired) electrons. The lowest BCUT2D eigenvalue weighted by molar-refractivity contribution is -0.133. The molecule has 0 unspecified atom stereocenters. The maximum atomic E-state index is 12.8. The number of amides is 1. The lowest BCUT2D eigenvalue weighted by Gasteiger charge is -2.24. The monoisotopic (exact) mass is 315 g/mol. The molecular formula is C18H25N3O2. The summed E-state index contributed by atoms with van der Waals surface area (Å²) in [6.07, 6.45) is 2.17. The van der Waals surface area contributed by atoms with Crippen LogP contribution in [0.25, 0.3) is 11.0 Å². The highest BCUT2D eigenvalue weighted by Crippen LogP contribution is 2.28. The van der Waals surface area contributed by atoms with E-state index in [-0.39, 0.29) is 18.1 Å². The highest BCUT2D eigenvalue weighted by Gasteiger charge is 2.33. The van der Waals surface area contributed by atoms with Crippen LogP contribution in [-0.2, 0) is 17.9 Å². The van der Waals surface area contributed by atoms with Gasteiger partial charge >= 0.3 is 5.69 Å². The topological polar surface area (TPSA) is 47.2 Å². The molecule has 3 rings (SSSR count). The van der Waals surface area contributed by atoms with Crippen LogP contribution in [0.15, 0.2) is 29.1 Å². The molecule has 0 atom stereocenters. The van der Waals surface area contributed by atoms with E-state index >= 15 is 0 Å². The number of fused-ring (bicyclic) bond motifs is 1. The molecule has 1 aliphatic rings. The summed E-state index contributed by atoms with van der Waals surface area (Å²) < 4.78 is 3.35. The minimum absolute atomic E-state index is 0.0577. The maximum Gasteiger partial charge on any atom is 0.329 e. The number of para-hydroxylation sites is 2. The van der Waals surface area contributed by atoms with Crippen molar-refractivity contribution in [2.45, 2.75) is 52.7 Å². The van der Waals surface area contributed by atoms with Gasteiger partial charge in [-0.1, -0.05) is 26.0 Å². The molecule has 1 aliphatic carbocycles. The van der Waals surface area contributed by atoms with E-state index in [1.807, 2.05) is 36.1 Å². The third kappa shape index (κ3) is 3.05. The maximum absolute atomic E-state index is 12.8. The van der Waals surface area contributed by atoms with Gasteiger partial charge in [0.05, 0.1) is 11.0 Å². The highest BCUT2D eigenvalue weighted by atomic mass is 16.2. The molecule has 1 saturated carbocycles. The van der Waals surface area contributed by atoms with Crippen molar-refractivity contribution in [3.8, 4) is 0 Å². The second kappa shape index (κ2) is 6.22. The van der Waals surface area contributed by atoms with Crippen LogP contribution in [-0.4, -0.2) is 32.5 Å². The van der Waals surface area contributed by atoms with E-state index in [1.54, 1.807) is 9.13 Å². The fourth-order valence-electron chi connectivity index (χ4n) is 3.19. The van der Waals surface area contributed by atoms with Crippen molar-refractivity contribution in [2.24, 2.45) is 5.92 Å². The van der Waals surface area contributed by atoms with Gasteiger partial charge in [0.1, 0.15) is 6.54 Å². The summed E-state index contributed by atoms with van der Waals surface area (Å²) in [6, 6.07) is 8.07. The molecule has 1 heterocycles. The number of imidazole rings is 1. The number of carbonyl (C=O) groups excluding carboxylic acids is 1. The summed E-state index contributed by atoms with van der Waals surface area (Å²) in [5.41, 5.74) is 1.64. The molecule has 0 spiro atoms. The van der Waals surface area contributed by atoms with Crippen molar-refractivity contribution in [1.29, 1.82) is 0 Å². The zero-order valence-electron chi connectivity index (χ0n) is 14.2. The van der Waals surface area contributed by atoms with Gasteiger partial charge in [0.2, 0.25) is 5.91 Å². The number of hydrogen-bond donors (Lipinski definition) is 0. The molecule has 2 aromatic rings. The number of aryl methyl sites for hydroxylation is 1. The Balaban J connectivity index is 1.93. The Kier molecular flexibility index (Phi) is 4.28. The predicted octanol–water partition coefficient (Wildman–Crippen LogP) is 2.47. The molecule has 0 N–H and O–H groups in total. The summed E-state index contributed by atoms with van der Waals surface area (Å²) in [6.45, 7) is 7.71. The number of nitrogens with zero attached hydrogens (tertiary/aromatic N) is 3. The minimum Gasteiger partial charge on any atom is -0.338 e. The standard InChI is InChI=1S/C18H25N3O2/c1-4-19-15-7-5-6-8-16(15)21(18(19)23)12-17(22)20(11-13(2)3)14-9-10-14/h5-8,13-14H,4,9-12H2,1-3H3. The predicted molar refractivity (Wildman–Crippen MR) is 91.4 cm³/mol. The fraction of sp³-hybridized carbons (Fsp3) is 0.556. The molecule has 5 nitrogen and oxygen atoms in total. The molecule has 23 heavy (non-hydrogen) atoms. The zero-order chi connectivity index (χ0) is 16.6. The van der Waals surface area contributed by atoms with Crippen molar-refractivity contribution in [1.82, 2.24) is 14.0 Å². The van der Waals surface area contributed by atoms with Crippen LogP contribution in [0.3, 0.4) is 0 Å². The normalized spacial score (nSPS) is 14.6. The van der Waals surface area contributed by atoms with E-state index < -0.39 is 0 Å². The molecule has 1 amide bonds. The summed E-state index contributed by atoms with van der Waals surface area (Å²) in [7, 11) is 0. The van der Waals surface area contributed by atoms with Crippen molar-refractivity contribution in [2.75, 3.05) is 6.54 Å². The SMILES string of the molecule is CCn1c(=O)n(CC(=O)N(CC(C)C)C2CC2)c2ccccc21. The number of aromatic nitrogens is 2. The molecule has 0 bridgehead atoms. The van der Waals surface area contributed by atoms with E-state index in [4.69, 9.17) is 0 Å². The van der Waals surface area contributed by atoms with Crippen LogP contribution in [0, 0.1) is 5.92 Å². The number of rotatable bonds is 6. The van der Waals surface area contributed by atoms with E-state index in [2.05, 4.69) is 13.8 Å². The number of hydrogen-bond acceptors (Lipinski definition) is 2. The van der Waals surface area contributed by atoms with Crippen LogP contribution in [0.2, 0.25) is 0 Å². The van der Waals surface area contributed by atoms with Gasteiger partial charge in [-0.2, -0.15) is 0 Å². The lowest BCUT2D eigenvalue weighted by Crippen LogP contribution is -2.40. The minimum atomic E-state index is -0.0951. The van der Waals surface area contributed by atoms with Gasteiger partial charge in [-0.25, -0.2) is 4.79 Å². The van der Waals surface area contributed by atoms with Crippen molar-refractivity contribution >= 4 is 16.9 Å². The molecule has 124 valence electrons. The Morgan fingerprint density at radius 2 is 1.83 bits per heavy atom. The van der Waals surface area contributed by atoms with Gasteiger partial charge in [-0.05, 0) is 37.8 Å². The quantitative estimate of drug-likeness (QED) is 0.822. The second-order valence-electron chi connectivity index (χ2n) is 6.77. The summed E-state index contributed by atoms with van der Waals surface area (Å²) in [5.74, 6) is 0.496. The first kappa shape index (κ1) is 15.8. The average molecular weight is 315 g/mol. The van der Waals surface area contributed by atoms with Crippen LogP contribution in [0.5, 0.6) is 0 Å². The van der Waals surface area contributed by atoms with E-state index in [0.29, 0.717) is 18.5 Å². The summed E-state index contributed by atoms with van der Waals surface area (Å²) in [5, 5.41) is 0. The molecule has 0 aliphatic heterocycles. The van der Waals surface area contributed by atoms with Crippen LogP contribution >= 0.6 is 0 Å². The van der Waals surface area contributed by atoms with Crippen molar-refractivity contribution in [3.05, 3.63) is 34.7 Å².